The quantitative estimate of drug-likeness (QED) is 0.340. The number of rotatable bonds is 6. The summed E-state index contributed by atoms with van der Waals surface area (Å²) in [6, 6.07) is 0. The van der Waals surface area contributed by atoms with Crippen LogP contribution in [0.3, 0.4) is 0 Å². The third kappa shape index (κ3) is 4.10. The average Bonchev–Trinajstić information content (AvgIpc) is 2.43. The summed E-state index contributed by atoms with van der Waals surface area (Å²) in [5.74, 6) is 1.16. The largest absolute Gasteiger partial charge is 0.512 e. The maximum atomic E-state index is 12.1. The van der Waals surface area contributed by atoms with Gasteiger partial charge in [0.1, 0.15) is 6.29 Å². The molecule has 108 valence electrons. The van der Waals surface area contributed by atoms with E-state index in [0.29, 0.717) is 30.8 Å². The predicted molar refractivity (Wildman–Crippen MR) is 79.5 cm³/mol. The van der Waals surface area contributed by atoms with Crippen LogP contribution in [0.5, 0.6) is 0 Å². The highest BCUT2D eigenvalue weighted by atomic mass is 32.1. The van der Waals surface area contributed by atoms with Crippen LogP contribution >= 0.6 is 12.6 Å². The van der Waals surface area contributed by atoms with Gasteiger partial charge in [-0.25, -0.2) is 0 Å². The van der Waals surface area contributed by atoms with Crippen LogP contribution in [0.15, 0.2) is 11.3 Å². The first-order valence-corrected chi connectivity index (χ1v) is 7.71. The molecule has 1 N–H and O–H groups in total. The summed E-state index contributed by atoms with van der Waals surface area (Å²) in [4.78, 5) is 23.3. The fourth-order valence-electron chi connectivity index (χ4n) is 2.85. The molecule has 0 spiro atoms. The first-order chi connectivity index (χ1) is 9.07. The molecule has 4 heteroatoms. The molecule has 0 aromatic rings. The van der Waals surface area contributed by atoms with E-state index in [9.17, 15) is 14.7 Å². The van der Waals surface area contributed by atoms with Crippen molar-refractivity contribution >= 4 is 24.7 Å². The van der Waals surface area contributed by atoms with E-state index in [1.165, 1.54) is 0 Å². The van der Waals surface area contributed by atoms with Crippen LogP contribution in [0, 0.1) is 17.8 Å². The zero-order chi connectivity index (χ0) is 14.4. The Balaban J connectivity index is 2.82. The van der Waals surface area contributed by atoms with Gasteiger partial charge in [-0.3, -0.25) is 4.79 Å². The Hall–Kier alpha value is -0.770. The lowest BCUT2D eigenvalue weighted by Gasteiger charge is -2.30. The van der Waals surface area contributed by atoms with Gasteiger partial charge in [0, 0.05) is 24.3 Å². The smallest absolute Gasteiger partial charge is 0.163 e. The molecule has 1 rings (SSSR count). The number of aldehydes is 1. The molecular formula is C15H24O3S. The van der Waals surface area contributed by atoms with Gasteiger partial charge in [-0.05, 0) is 30.4 Å². The average molecular weight is 284 g/mol. The standard InChI is InChI=1S/C15H24O3S/c1-3-10(9-19)5-11-6-12(8-16)15(13(17)4-2)14(18)7-11/h8,10-12,17,19H,3-7,9H2,1-2H3. The molecule has 0 radical (unpaired) electrons. The number of aliphatic hydroxyl groups is 1. The van der Waals surface area contributed by atoms with Crippen molar-refractivity contribution in [2.45, 2.75) is 46.0 Å². The molecule has 3 atom stereocenters. The summed E-state index contributed by atoms with van der Waals surface area (Å²) in [6.07, 6.45) is 4.34. The van der Waals surface area contributed by atoms with Crippen molar-refractivity contribution in [3.63, 3.8) is 0 Å². The Kier molecular flexibility index (Phi) is 6.63. The monoisotopic (exact) mass is 284 g/mol. The van der Waals surface area contributed by atoms with Gasteiger partial charge in [0.15, 0.2) is 5.78 Å². The maximum absolute atomic E-state index is 12.1. The lowest BCUT2D eigenvalue weighted by molar-refractivity contribution is -0.122. The van der Waals surface area contributed by atoms with Gasteiger partial charge in [0.25, 0.3) is 0 Å². The highest BCUT2D eigenvalue weighted by Crippen LogP contribution is 2.36. The van der Waals surface area contributed by atoms with Crippen molar-refractivity contribution in [3.05, 3.63) is 11.3 Å². The third-order valence-corrected chi connectivity index (χ3v) is 4.56. The van der Waals surface area contributed by atoms with Crippen LogP contribution in [0.25, 0.3) is 0 Å². The minimum absolute atomic E-state index is 0.0540. The molecule has 1 fully saturated rings. The number of aliphatic hydroxyl groups excluding tert-OH is 1. The van der Waals surface area contributed by atoms with E-state index < -0.39 is 5.92 Å². The van der Waals surface area contributed by atoms with E-state index >= 15 is 0 Å². The molecule has 1 aliphatic carbocycles. The molecule has 3 nitrogen and oxygen atoms in total. The Bertz CT molecular complexity index is 358. The van der Waals surface area contributed by atoms with Crippen LogP contribution in [0.2, 0.25) is 0 Å². The first kappa shape index (κ1) is 16.3. The zero-order valence-corrected chi connectivity index (χ0v) is 12.7. The molecule has 0 aliphatic heterocycles. The molecule has 0 bridgehead atoms. The fraction of sp³-hybridized carbons (Fsp3) is 0.733. The number of ketones is 1. The Labute approximate surface area is 120 Å². The Morgan fingerprint density at radius 1 is 1.53 bits per heavy atom. The number of Topliss-reactive ketones (excluding diaryl/α,β-unsaturated/α-hetero) is 1. The lowest BCUT2D eigenvalue weighted by Crippen LogP contribution is -2.29. The van der Waals surface area contributed by atoms with E-state index in [4.69, 9.17) is 0 Å². The van der Waals surface area contributed by atoms with Gasteiger partial charge in [0.2, 0.25) is 0 Å². The SMILES string of the molecule is CCC(O)=C1C(=O)CC(CC(CC)CS)CC1C=O. The zero-order valence-electron chi connectivity index (χ0n) is 11.8. The van der Waals surface area contributed by atoms with Crippen LogP contribution in [-0.4, -0.2) is 22.9 Å². The Morgan fingerprint density at radius 2 is 2.21 bits per heavy atom. The van der Waals surface area contributed by atoms with E-state index in [0.717, 1.165) is 24.9 Å². The van der Waals surface area contributed by atoms with E-state index in [1.807, 2.05) is 0 Å². The summed E-state index contributed by atoms with van der Waals surface area (Å²) < 4.78 is 0. The van der Waals surface area contributed by atoms with Gasteiger partial charge in [-0.1, -0.05) is 20.3 Å². The fourth-order valence-corrected chi connectivity index (χ4v) is 3.26. The molecule has 3 unspecified atom stereocenters. The van der Waals surface area contributed by atoms with Crippen LogP contribution in [0.1, 0.15) is 46.0 Å². The summed E-state index contributed by atoms with van der Waals surface area (Å²) >= 11 is 4.32. The number of hydrogen-bond donors (Lipinski definition) is 2. The normalized spacial score (nSPS) is 28.1. The third-order valence-electron chi connectivity index (χ3n) is 4.04. The summed E-state index contributed by atoms with van der Waals surface area (Å²) in [6.45, 7) is 3.91. The molecule has 0 amide bonds. The van der Waals surface area contributed by atoms with Crippen LogP contribution in [0.4, 0.5) is 0 Å². The second-order valence-corrected chi connectivity index (χ2v) is 5.74. The van der Waals surface area contributed by atoms with E-state index in [-0.39, 0.29) is 17.5 Å². The topological polar surface area (TPSA) is 54.4 Å². The molecule has 0 aromatic carbocycles. The summed E-state index contributed by atoms with van der Waals surface area (Å²) in [7, 11) is 0. The molecule has 1 saturated carbocycles. The molecule has 0 heterocycles. The second kappa shape index (κ2) is 7.73. The highest BCUT2D eigenvalue weighted by Gasteiger charge is 2.34. The van der Waals surface area contributed by atoms with Crippen LogP contribution < -0.4 is 0 Å². The minimum atomic E-state index is -0.427. The first-order valence-electron chi connectivity index (χ1n) is 7.08. The van der Waals surface area contributed by atoms with E-state index in [2.05, 4.69) is 19.6 Å². The van der Waals surface area contributed by atoms with Gasteiger partial charge in [-0.2, -0.15) is 12.6 Å². The second-order valence-electron chi connectivity index (χ2n) is 5.38. The molecule has 19 heavy (non-hydrogen) atoms. The van der Waals surface area contributed by atoms with Gasteiger partial charge >= 0.3 is 0 Å². The molecule has 0 saturated heterocycles. The highest BCUT2D eigenvalue weighted by molar-refractivity contribution is 7.80. The number of carbonyl (C=O) groups is 2. The predicted octanol–water partition coefficient (Wildman–Crippen LogP) is 3.35. The van der Waals surface area contributed by atoms with Gasteiger partial charge in [-0.15, -0.1) is 0 Å². The lowest BCUT2D eigenvalue weighted by atomic mass is 9.74. The van der Waals surface area contributed by atoms with Crippen molar-refractivity contribution in [1.29, 1.82) is 0 Å². The minimum Gasteiger partial charge on any atom is -0.512 e. The number of allylic oxidation sites excluding steroid dienone is 2. The number of thiol groups is 1. The maximum Gasteiger partial charge on any atom is 0.163 e. The number of carbonyl (C=O) groups excluding carboxylic acids is 2. The molecule has 1 aliphatic rings. The molecular weight excluding hydrogens is 260 g/mol. The summed E-state index contributed by atoms with van der Waals surface area (Å²) in [5, 5.41) is 9.80. The van der Waals surface area contributed by atoms with Crippen molar-refractivity contribution in [2.24, 2.45) is 17.8 Å². The van der Waals surface area contributed by atoms with E-state index in [1.54, 1.807) is 6.92 Å². The number of hydrogen-bond acceptors (Lipinski definition) is 4. The van der Waals surface area contributed by atoms with Crippen molar-refractivity contribution in [1.82, 2.24) is 0 Å². The van der Waals surface area contributed by atoms with Gasteiger partial charge in [0.05, 0.1) is 5.76 Å². The van der Waals surface area contributed by atoms with Crippen LogP contribution in [-0.2, 0) is 9.59 Å². The van der Waals surface area contributed by atoms with Crippen molar-refractivity contribution in [2.75, 3.05) is 5.75 Å². The van der Waals surface area contributed by atoms with Crippen molar-refractivity contribution < 1.29 is 14.7 Å². The van der Waals surface area contributed by atoms with Crippen molar-refractivity contribution in [3.8, 4) is 0 Å². The van der Waals surface area contributed by atoms with Gasteiger partial charge < -0.3 is 9.90 Å². The summed E-state index contributed by atoms with van der Waals surface area (Å²) in [5.41, 5.74) is 0.354. The Morgan fingerprint density at radius 3 is 2.68 bits per heavy atom. The molecule has 0 aromatic heterocycles.